The fraction of sp³-hybridized carbons (Fsp3) is 0.238. The van der Waals surface area contributed by atoms with Gasteiger partial charge in [0.25, 0.3) is 0 Å². The summed E-state index contributed by atoms with van der Waals surface area (Å²) >= 11 is 7.79. The summed E-state index contributed by atoms with van der Waals surface area (Å²) in [6.45, 7) is 0. The number of fused-ring (bicyclic) bond motifs is 1. The van der Waals surface area contributed by atoms with Gasteiger partial charge < -0.3 is 5.32 Å². The first kappa shape index (κ1) is 18.4. The van der Waals surface area contributed by atoms with Gasteiger partial charge in [-0.3, -0.25) is 9.78 Å². The Kier molecular flexibility index (Phi) is 4.85. The van der Waals surface area contributed by atoms with E-state index in [1.54, 1.807) is 10.9 Å². The zero-order chi connectivity index (χ0) is 19.8. The van der Waals surface area contributed by atoms with Crippen LogP contribution in [-0.4, -0.2) is 25.5 Å². The average molecular weight is 424 g/mol. The van der Waals surface area contributed by atoms with E-state index in [0.717, 1.165) is 40.4 Å². The van der Waals surface area contributed by atoms with Gasteiger partial charge in [-0.25, -0.2) is 4.68 Å². The average Bonchev–Trinajstić information content (AvgIpc) is 3.15. The van der Waals surface area contributed by atoms with E-state index in [4.69, 9.17) is 16.7 Å². The van der Waals surface area contributed by atoms with Gasteiger partial charge in [0, 0.05) is 34.7 Å². The third-order valence-corrected chi connectivity index (χ3v) is 6.39. The topological polar surface area (TPSA) is 72.7 Å². The highest BCUT2D eigenvalue weighted by molar-refractivity contribution is 7.98. The number of nitrogens with one attached hydrogen (secondary N) is 1. The minimum atomic E-state index is -0.350. The van der Waals surface area contributed by atoms with Gasteiger partial charge in [0.15, 0.2) is 5.78 Å². The number of pyridine rings is 1. The number of hydrogen-bond acceptors (Lipinski definition) is 6. The van der Waals surface area contributed by atoms with Crippen molar-refractivity contribution in [2.75, 3.05) is 5.32 Å². The van der Waals surface area contributed by atoms with Gasteiger partial charge in [0.2, 0.25) is 11.1 Å². The first-order valence-electron chi connectivity index (χ1n) is 9.47. The molecule has 5 rings (SSSR count). The molecular formula is C21H18ClN5OS. The van der Waals surface area contributed by atoms with E-state index in [0.29, 0.717) is 23.3 Å². The van der Waals surface area contributed by atoms with Gasteiger partial charge in [-0.15, -0.1) is 5.10 Å². The molecule has 0 radical (unpaired) electrons. The molecule has 146 valence electrons. The van der Waals surface area contributed by atoms with Crippen LogP contribution < -0.4 is 5.32 Å². The molecule has 1 aliphatic heterocycles. The quantitative estimate of drug-likeness (QED) is 0.616. The molecule has 0 bridgehead atoms. The lowest BCUT2D eigenvalue weighted by molar-refractivity contribution is -0.116. The largest absolute Gasteiger partial charge is 0.328 e. The lowest BCUT2D eigenvalue weighted by atomic mass is 9.87. The number of allylic oxidation sites excluding steroid dienone is 2. The fourth-order valence-electron chi connectivity index (χ4n) is 3.77. The second-order valence-corrected chi connectivity index (χ2v) is 8.34. The molecule has 0 amide bonds. The van der Waals surface area contributed by atoms with E-state index in [2.05, 4.69) is 15.3 Å². The summed E-state index contributed by atoms with van der Waals surface area (Å²) in [5, 5.41) is 9.43. The zero-order valence-corrected chi connectivity index (χ0v) is 17.1. The SMILES string of the molecule is O=C1CCCC2=C1[C@H](c1ccccn1)n1nc(SCc3ccccc3Cl)nc1N2. The van der Waals surface area contributed by atoms with Crippen molar-refractivity contribution in [1.82, 2.24) is 19.7 Å². The van der Waals surface area contributed by atoms with E-state index in [1.165, 1.54) is 11.8 Å². The Morgan fingerprint density at radius 3 is 2.86 bits per heavy atom. The van der Waals surface area contributed by atoms with Crippen LogP contribution in [0.25, 0.3) is 0 Å². The Bertz CT molecular complexity index is 1110. The molecule has 0 saturated carbocycles. The number of rotatable bonds is 4. The minimum Gasteiger partial charge on any atom is -0.328 e. The molecule has 0 unspecified atom stereocenters. The van der Waals surface area contributed by atoms with E-state index in [9.17, 15) is 4.79 Å². The van der Waals surface area contributed by atoms with E-state index < -0.39 is 0 Å². The number of ketones is 1. The predicted molar refractivity (Wildman–Crippen MR) is 113 cm³/mol. The summed E-state index contributed by atoms with van der Waals surface area (Å²) in [5.41, 5.74) is 3.54. The Morgan fingerprint density at radius 1 is 1.17 bits per heavy atom. The second kappa shape index (κ2) is 7.65. The van der Waals surface area contributed by atoms with Crippen LogP contribution in [0.1, 0.15) is 36.6 Å². The third-order valence-electron chi connectivity index (χ3n) is 5.13. The molecule has 1 aliphatic carbocycles. The molecule has 1 atom stereocenters. The highest BCUT2D eigenvalue weighted by atomic mass is 35.5. The van der Waals surface area contributed by atoms with E-state index >= 15 is 0 Å². The van der Waals surface area contributed by atoms with Crippen molar-refractivity contribution in [2.24, 2.45) is 0 Å². The van der Waals surface area contributed by atoms with Gasteiger partial charge >= 0.3 is 0 Å². The first-order valence-corrected chi connectivity index (χ1v) is 10.8. The molecule has 29 heavy (non-hydrogen) atoms. The number of hydrogen-bond donors (Lipinski definition) is 1. The Hall–Kier alpha value is -2.64. The van der Waals surface area contributed by atoms with Crippen molar-refractivity contribution >= 4 is 35.1 Å². The smallest absolute Gasteiger partial charge is 0.227 e. The van der Waals surface area contributed by atoms with Crippen LogP contribution in [0.3, 0.4) is 0 Å². The van der Waals surface area contributed by atoms with E-state index in [1.807, 2.05) is 42.5 Å². The highest BCUT2D eigenvalue weighted by Gasteiger charge is 2.37. The van der Waals surface area contributed by atoms with Crippen LogP contribution in [0, 0.1) is 0 Å². The molecule has 3 heterocycles. The number of benzene rings is 1. The minimum absolute atomic E-state index is 0.154. The predicted octanol–water partition coefficient (Wildman–Crippen LogP) is 4.64. The lowest BCUT2D eigenvalue weighted by Crippen LogP contribution is -2.32. The third kappa shape index (κ3) is 3.45. The molecular weight excluding hydrogens is 406 g/mol. The van der Waals surface area contributed by atoms with Crippen LogP contribution in [0.4, 0.5) is 5.95 Å². The van der Waals surface area contributed by atoms with Crippen molar-refractivity contribution in [2.45, 2.75) is 36.2 Å². The van der Waals surface area contributed by atoms with Gasteiger partial charge in [-0.1, -0.05) is 47.6 Å². The molecule has 6 nitrogen and oxygen atoms in total. The molecule has 2 aromatic heterocycles. The molecule has 0 spiro atoms. The normalized spacial score (nSPS) is 18.2. The Labute approximate surface area is 177 Å². The monoisotopic (exact) mass is 423 g/mol. The van der Waals surface area contributed by atoms with Crippen molar-refractivity contribution in [3.8, 4) is 0 Å². The van der Waals surface area contributed by atoms with Crippen molar-refractivity contribution in [1.29, 1.82) is 0 Å². The molecule has 0 fully saturated rings. The number of nitrogens with zero attached hydrogens (tertiary/aromatic N) is 4. The maximum atomic E-state index is 12.8. The number of aromatic nitrogens is 4. The highest BCUT2D eigenvalue weighted by Crippen LogP contribution is 2.40. The summed E-state index contributed by atoms with van der Waals surface area (Å²) in [6, 6.07) is 13.2. The number of halogens is 1. The zero-order valence-electron chi connectivity index (χ0n) is 15.5. The summed E-state index contributed by atoms with van der Waals surface area (Å²) in [5.74, 6) is 1.47. The molecule has 0 saturated heterocycles. The van der Waals surface area contributed by atoms with Crippen LogP contribution in [0.15, 0.2) is 65.1 Å². The van der Waals surface area contributed by atoms with Crippen LogP contribution >= 0.6 is 23.4 Å². The second-order valence-electron chi connectivity index (χ2n) is 6.99. The van der Waals surface area contributed by atoms with Crippen molar-refractivity contribution < 1.29 is 4.79 Å². The van der Waals surface area contributed by atoms with Gasteiger partial charge in [-0.05, 0) is 36.6 Å². The number of Topliss-reactive ketones (excluding diaryl/α,β-unsaturated/α-hetero) is 1. The Balaban J connectivity index is 1.50. The number of carbonyl (C=O) groups is 1. The summed E-state index contributed by atoms with van der Waals surface area (Å²) in [6.07, 6.45) is 3.98. The van der Waals surface area contributed by atoms with Crippen molar-refractivity contribution in [3.63, 3.8) is 0 Å². The molecule has 8 heteroatoms. The first-order chi connectivity index (χ1) is 14.2. The van der Waals surface area contributed by atoms with Gasteiger partial charge in [0.1, 0.15) is 6.04 Å². The fourth-order valence-corrected chi connectivity index (χ4v) is 4.88. The molecule has 3 aromatic rings. The Morgan fingerprint density at radius 2 is 2.03 bits per heavy atom. The van der Waals surface area contributed by atoms with Gasteiger partial charge in [-0.2, -0.15) is 4.98 Å². The lowest BCUT2D eigenvalue weighted by Gasteiger charge is -2.31. The standard InChI is InChI=1S/C21H18ClN5OS/c22-14-7-2-1-6-13(14)12-29-21-25-20-24-15-9-5-10-17(28)18(15)19(27(20)26-21)16-8-3-4-11-23-16/h1-4,6-8,11,19H,5,9-10,12H2,(H,24,25,26)/t19-/m0/s1. The maximum absolute atomic E-state index is 12.8. The number of anilines is 1. The van der Waals surface area contributed by atoms with Crippen LogP contribution in [-0.2, 0) is 10.5 Å². The molecule has 2 aliphatic rings. The number of thioether (sulfide) groups is 1. The maximum Gasteiger partial charge on any atom is 0.227 e. The molecule has 1 N–H and O–H groups in total. The molecule has 1 aromatic carbocycles. The summed E-state index contributed by atoms with van der Waals surface area (Å²) < 4.78 is 1.79. The van der Waals surface area contributed by atoms with Gasteiger partial charge in [0.05, 0.1) is 5.69 Å². The van der Waals surface area contributed by atoms with Crippen molar-refractivity contribution in [3.05, 3.63) is 76.2 Å². The summed E-state index contributed by atoms with van der Waals surface area (Å²) in [4.78, 5) is 22.0. The van der Waals surface area contributed by atoms with E-state index in [-0.39, 0.29) is 11.8 Å². The van der Waals surface area contributed by atoms with Crippen LogP contribution in [0.5, 0.6) is 0 Å². The number of carbonyl (C=O) groups excluding carboxylic acids is 1. The van der Waals surface area contributed by atoms with Crippen LogP contribution in [0.2, 0.25) is 5.02 Å². The summed E-state index contributed by atoms with van der Waals surface area (Å²) in [7, 11) is 0.